The van der Waals surface area contributed by atoms with Crippen LogP contribution in [0.3, 0.4) is 0 Å². The standard InChI is InChI=1S/C22H30N2O2S/c1-17(2)23-27(25,26)22-8-4-7-21(16-22)20-11-9-19(10-12-20)13-15-24-14-5-6-18(24)3/h4,7-12,16-18,23H,5-6,13-15H2,1-3H3/t18-/m1/s1. The average molecular weight is 387 g/mol. The number of rotatable bonds is 7. The molecule has 0 amide bonds. The summed E-state index contributed by atoms with van der Waals surface area (Å²) < 4.78 is 27.4. The second kappa shape index (κ2) is 8.55. The van der Waals surface area contributed by atoms with E-state index < -0.39 is 10.0 Å². The Morgan fingerprint density at radius 3 is 2.48 bits per heavy atom. The summed E-state index contributed by atoms with van der Waals surface area (Å²) in [4.78, 5) is 2.87. The van der Waals surface area contributed by atoms with Crippen LogP contribution in [0.4, 0.5) is 0 Å². The molecule has 1 N–H and O–H groups in total. The van der Waals surface area contributed by atoms with Gasteiger partial charge in [0.25, 0.3) is 0 Å². The molecule has 1 aliphatic rings. The number of hydrogen-bond acceptors (Lipinski definition) is 3. The molecule has 27 heavy (non-hydrogen) atoms. The van der Waals surface area contributed by atoms with E-state index in [9.17, 15) is 8.42 Å². The molecule has 2 aromatic carbocycles. The molecule has 0 spiro atoms. The summed E-state index contributed by atoms with van der Waals surface area (Å²) in [7, 11) is -3.48. The lowest BCUT2D eigenvalue weighted by Gasteiger charge is -2.20. The number of nitrogens with one attached hydrogen (secondary N) is 1. The highest BCUT2D eigenvalue weighted by atomic mass is 32.2. The first-order valence-corrected chi connectivity index (χ1v) is 11.3. The fraction of sp³-hybridized carbons (Fsp3) is 0.455. The summed E-state index contributed by atoms with van der Waals surface area (Å²) >= 11 is 0. The molecule has 0 radical (unpaired) electrons. The van der Waals surface area contributed by atoms with Gasteiger partial charge >= 0.3 is 0 Å². The fourth-order valence-corrected chi connectivity index (χ4v) is 4.98. The van der Waals surface area contributed by atoms with Crippen molar-refractivity contribution in [3.63, 3.8) is 0 Å². The maximum Gasteiger partial charge on any atom is 0.240 e. The summed E-state index contributed by atoms with van der Waals surface area (Å²) in [5, 5.41) is 0. The van der Waals surface area contributed by atoms with E-state index in [0.717, 1.165) is 24.1 Å². The lowest BCUT2D eigenvalue weighted by Crippen LogP contribution is -2.30. The SMILES string of the molecule is CC(C)NS(=O)(=O)c1cccc(-c2ccc(CCN3CCC[C@H]3C)cc2)c1. The molecule has 2 aromatic rings. The van der Waals surface area contributed by atoms with Crippen LogP contribution in [0.5, 0.6) is 0 Å². The molecular formula is C22H30N2O2S. The summed E-state index contributed by atoms with van der Waals surface area (Å²) in [6, 6.07) is 16.2. The number of nitrogens with zero attached hydrogens (tertiary/aromatic N) is 1. The van der Waals surface area contributed by atoms with E-state index in [4.69, 9.17) is 0 Å². The minimum absolute atomic E-state index is 0.128. The molecule has 0 unspecified atom stereocenters. The second-order valence-electron chi connectivity index (χ2n) is 7.78. The van der Waals surface area contributed by atoms with Crippen molar-refractivity contribution < 1.29 is 8.42 Å². The van der Waals surface area contributed by atoms with Crippen molar-refractivity contribution in [2.75, 3.05) is 13.1 Å². The van der Waals surface area contributed by atoms with Crippen molar-refractivity contribution in [3.05, 3.63) is 54.1 Å². The van der Waals surface area contributed by atoms with Crippen LogP contribution < -0.4 is 4.72 Å². The minimum Gasteiger partial charge on any atom is -0.300 e. The lowest BCUT2D eigenvalue weighted by atomic mass is 10.0. The van der Waals surface area contributed by atoms with Crippen molar-refractivity contribution in [1.29, 1.82) is 0 Å². The lowest BCUT2D eigenvalue weighted by molar-refractivity contribution is 0.272. The van der Waals surface area contributed by atoms with Gasteiger partial charge in [0, 0.05) is 18.6 Å². The van der Waals surface area contributed by atoms with Gasteiger partial charge in [-0.1, -0.05) is 36.4 Å². The van der Waals surface area contributed by atoms with Gasteiger partial charge in [0.2, 0.25) is 10.0 Å². The summed E-state index contributed by atoms with van der Waals surface area (Å²) in [6.07, 6.45) is 3.67. The van der Waals surface area contributed by atoms with Crippen LogP contribution >= 0.6 is 0 Å². The highest BCUT2D eigenvalue weighted by Crippen LogP contribution is 2.24. The maximum absolute atomic E-state index is 12.4. The molecule has 1 aliphatic heterocycles. The third-order valence-electron chi connectivity index (χ3n) is 5.20. The van der Waals surface area contributed by atoms with Crippen LogP contribution in [0, 0.1) is 0 Å². The van der Waals surface area contributed by atoms with E-state index in [1.165, 1.54) is 24.9 Å². The van der Waals surface area contributed by atoms with E-state index in [1.807, 2.05) is 19.9 Å². The molecule has 146 valence electrons. The zero-order valence-corrected chi connectivity index (χ0v) is 17.3. The normalized spacial score (nSPS) is 18.3. The van der Waals surface area contributed by atoms with Gasteiger partial charge in [-0.05, 0) is 75.4 Å². The monoisotopic (exact) mass is 386 g/mol. The Balaban J connectivity index is 1.71. The predicted molar refractivity (Wildman–Crippen MR) is 111 cm³/mol. The third-order valence-corrected chi connectivity index (χ3v) is 6.86. The molecule has 0 saturated carbocycles. The third kappa shape index (κ3) is 5.18. The summed E-state index contributed by atoms with van der Waals surface area (Å²) in [5.74, 6) is 0. The Labute approximate surface area is 163 Å². The highest BCUT2D eigenvalue weighted by Gasteiger charge is 2.19. The van der Waals surface area contributed by atoms with E-state index >= 15 is 0 Å². The largest absolute Gasteiger partial charge is 0.300 e. The van der Waals surface area contributed by atoms with E-state index in [-0.39, 0.29) is 6.04 Å². The van der Waals surface area contributed by atoms with Crippen LogP contribution in [-0.2, 0) is 16.4 Å². The van der Waals surface area contributed by atoms with Gasteiger partial charge in [0.05, 0.1) is 4.90 Å². The van der Waals surface area contributed by atoms with Crippen LogP contribution in [0.1, 0.15) is 39.2 Å². The zero-order valence-electron chi connectivity index (χ0n) is 16.5. The minimum atomic E-state index is -3.48. The first-order chi connectivity index (χ1) is 12.8. The average Bonchev–Trinajstić information content (AvgIpc) is 3.04. The number of hydrogen-bond donors (Lipinski definition) is 1. The van der Waals surface area contributed by atoms with Crippen LogP contribution in [-0.4, -0.2) is 38.5 Å². The Bertz CT molecular complexity index is 860. The van der Waals surface area contributed by atoms with Crippen molar-refractivity contribution in [1.82, 2.24) is 9.62 Å². The topological polar surface area (TPSA) is 49.4 Å². The molecule has 1 atom stereocenters. The molecule has 3 rings (SSSR count). The van der Waals surface area contributed by atoms with Crippen molar-refractivity contribution >= 4 is 10.0 Å². The Morgan fingerprint density at radius 2 is 1.85 bits per heavy atom. The van der Waals surface area contributed by atoms with Gasteiger partial charge in [-0.25, -0.2) is 13.1 Å². The summed E-state index contributed by atoms with van der Waals surface area (Å²) in [6.45, 7) is 8.28. The van der Waals surface area contributed by atoms with E-state index in [2.05, 4.69) is 40.8 Å². The Morgan fingerprint density at radius 1 is 1.11 bits per heavy atom. The molecule has 5 heteroatoms. The molecule has 0 aromatic heterocycles. The molecule has 4 nitrogen and oxygen atoms in total. The quantitative estimate of drug-likeness (QED) is 0.780. The molecule has 0 bridgehead atoms. The second-order valence-corrected chi connectivity index (χ2v) is 9.49. The number of sulfonamides is 1. The van der Waals surface area contributed by atoms with E-state index in [0.29, 0.717) is 10.9 Å². The summed E-state index contributed by atoms with van der Waals surface area (Å²) in [5.41, 5.74) is 3.28. The highest BCUT2D eigenvalue weighted by molar-refractivity contribution is 7.89. The number of benzene rings is 2. The van der Waals surface area contributed by atoms with E-state index in [1.54, 1.807) is 18.2 Å². The van der Waals surface area contributed by atoms with Gasteiger partial charge in [0.15, 0.2) is 0 Å². The fourth-order valence-electron chi connectivity index (χ4n) is 3.68. The van der Waals surface area contributed by atoms with Crippen LogP contribution in [0.2, 0.25) is 0 Å². The van der Waals surface area contributed by atoms with Gasteiger partial charge in [0.1, 0.15) is 0 Å². The van der Waals surface area contributed by atoms with Gasteiger partial charge < -0.3 is 4.90 Å². The first-order valence-electron chi connectivity index (χ1n) is 9.81. The molecule has 0 aliphatic carbocycles. The van der Waals surface area contributed by atoms with Crippen molar-refractivity contribution in [3.8, 4) is 11.1 Å². The first kappa shape index (κ1) is 20.1. The van der Waals surface area contributed by atoms with Crippen molar-refractivity contribution in [2.24, 2.45) is 0 Å². The Kier molecular flexibility index (Phi) is 6.35. The maximum atomic E-state index is 12.4. The number of likely N-dealkylation sites (tertiary alicyclic amines) is 1. The molecule has 1 fully saturated rings. The van der Waals surface area contributed by atoms with Gasteiger partial charge in [-0.15, -0.1) is 0 Å². The smallest absolute Gasteiger partial charge is 0.240 e. The van der Waals surface area contributed by atoms with Gasteiger partial charge in [-0.2, -0.15) is 0 Å². The predicted octanol–water partition coefficient (Wildman–Crippen LogP) is 4.07. The van der Waals surface area contributed by atoms with Crippen LogP contribution in [0.25, 0.3) is 11.1 Å². The molecule has 1 heterocycles. The molecule has 1 saturated heterocycles. The molecular weight excluding hydrogens is 356 g/mol. The van der Waals surface area contributed by atoms with Crippen LogP contribution in [0.15, 0.2) is 53.4 Å². The zero-order chi connectivity index (χ0) is 19.4. The van der Waals surface area contributed by atoms with Crippen molar-refractivity contribution in [2.45, 2.75) is 57.0 Å². The van der Waals surface area contributed by atoms with Gasteiger partial charge in [-0.3, -0.25) is 0 Å². The Hall–Kier alpha value is -1.69.